The Kier molecular flexibility index (Phi) is 4.04. The Hall–Kier alpha value is -1.62. The summed E-state index contributed by atoms with van der Waals surface area (Å²) in [5.41, 5.74) is 0.354. The Bertz CT molecular complexity index is 641. The zero-order valence-electron chi connectivity index (χ0n) is 9.59. The van der Waals surface area contributed by atoms with Crippen LogP contribution in [0.1, 0.15) is 15.9 Å². The van der Waals surface area contributed by atoms with E-state index in [2.05, 4.69) is 15.9 Å². The predicted octanol–water partition coefficient (Wildman–Crippen LogP) is 4.29. The minimum Gasteiger partial charge on any atom is -0.294 e. The monoisotopic (exact) mass is 328 g/mol. The Balaban J connectivity index is 2.25. The molecule has 0 fully saturated rings. The van der Waals surface area contributed by atoms with Crippen LogP contribution in [-0.2, 0) is 6.42 Å². The molecule has 0 aliphatic heterocycles. The first-order chi connectivity index (χ1) is 8.97. The van der Waals surface area contributed by atoms with Gasteiger partial charge >= 0.3 is 0 Å². The molecule has 0 radical (unpaired) electrons. The molecule has 1 nitrogen and oxygen atoms in total. The highest BCUT2D eigenvalue weighted by atomic mass is 79.9. The molecule has 0 saturated carbocycles. The van der Waals surface area contributed by atoms with Gasteiger partial charge in [-0.05, 0) is 45.8 Å². The molecule has 0 heterocycles. The van der Waals surface area contributed by atoms with E-state index in [0.717, 1.165) is 24.3 Å². The van der Waals surface area contributed by atoms with Crippen LogP contribution >= 0.6 is 15.9 Å². The maximum Gasteiger partial charge on any atom is 0.168 e. The summed E-state index contributed by atoms with van der Waals surface area (Å²) in [6.45, 7) is 0. The quantitative estimate of drug-likeness (QED) is 0.768. The van der Waals surface area contributed by atoms with Gasteiger partial charge in [0.1, 0.15) is 17.5 Å². The third-order valence-corrected chi connectivity index (χ3v) is 3.25. The maximum atomic E-state index is 13.4. The van der Waals surface area contributed by atoms with Crippen LogP contribution in [0.3, 0.4) is 0 Å². The lowest BCUT2D eigenvalue weighted by molar-refractivity contribution is 0.0991. The zero-order valence-corrected chi connectivity index (χ0v) is 11.2. The van der Waals surface area contributed by atoms with Gasteiger partial charge in [-0.3, -0.25) is 4.79 Å². The average Bonchev–Trinajstić information content (AvgIpc) is 2.32. The predicted molar refractivity (Wildman–Crippen MR) is 68.5 cm³/mol. The van der Waals surface area contributed by atoms with E-state index in [0.29, 0.717) is 4.47 Å². The molecule has 2 aromatic carbocycles. The van der Waals surface area contributed by atoms with Crippen molar-refractivity contribution in [2.24, 2.45) is 0 Å². The summed E-state index contributed by atoms with van der Waals surface area (Å²) in [5.74, 6) is -2.32. The third-order valence-electron chi connectivity index (χ3n) is 2.60. The number of carbonyl (C=O) groups is 1. The Morgan fingerprint density at radius 2 is 1.63 bits per heavy atom. The van der Waals surface area contributed by atoms with Gasteiger partial charge in [0.15, 0.2) is 5.78 Å². The zero-order chi connectivity index (χ0) is 14.0. The van der Waals surface area contributed by atoms with Crippen LogP contribution in [-0.4, -0.2) is 5.78 Å². The van der Waals surface area contributed by atoms with E-state index in [1.807, 2.05) is 0 Å². The Morgan fingerprint density at radius 3 is 2.26 bits per heavy atom. The first kappa shape index (κ1) is 13.8. The first-order valence-corrected chi connectivity index (χ1v) is 6.19. The molecule has 2 rings (SSSR count). The summed E-state index contributed by atoms with van der Waals surface area (Å²) in [6, 6.07) is 6.67. The fraction of sp³-hybridized carbons (Fsp3) is 0.0714. The van der Waals surface area contributed by atoms with Crippen LogP contribution in [0.2, 0.25) is 0 Å². The van der Waals surface area contributed by atoms with Crippen molar-refractivity contribution in [3.63, 3.8) is 0 Å². The molecule has 0 atom stereocenters. The molecule has 0 bridgehead atoms. The smallest absolute Gasteiger partial charge is 0.168 e. The summed E-state index contributed by atoms with van der Waals surface area (Å²) in [5, 5.41) is 0. The van der Waals surface area contributed by atoms with Crippen LogP contribution < -0.4 is 0 Å². The van der Waals surface area contributed by atoms with Gasteiger partial charge in [0.25, 0.3) is 0 Å². The maximum absolute atomic E-state index is 13.4. The van der Waals surface area contributed by atoms with Crippen LogP contribution in [0.15, 0.2) is 40.9 Å². The summed E-state index contributed by atoms with van der Waals surface area (Å²) in [7, 11) is 0. The largest absolute Gasteiger partial charge is 0.294 e. The highest BCUT2D eigenvalue weighted by molar-refractivity contribution is 9.10. The SMILES string of the molecule is O=C(Cc1ccc(F)cc1F)c1ccc(F)cc1Br. The Morgan fingerprint density at radius 1 is 1.00 bits per heavy atom. The van der Waals surface area contributed by atoms with Crippen LogP contribution in [0.5, 0.6) is 0 Å². The molecule has 5 heteroatoms. The van der Waals surface area contributed by atoms with Gasteiger partial charge in [0.2, 0.25) is 0 Å². The lowest BCUT2D eigenvalue weighted by Crippen LogP contribution is -2.06. The van der Waals surface area contributed by atoms with E-state index in [1.54, 1.807) is 0 Å². The van der Waals surface area contributed by atoms with Gasteiger partial charge in [-0.1, -0.05) is 6.07 Å². The minimum absolute atomic E-state index is 0.0997. The molecule has 0 N–H and O–H groups in total. The van der Waals surface area contributed by atoms with E-state index >= 15 is 0 Å². The Labute approximate surface area is 116 Å². The molecular weight excluding hydrogens is 321 g/mol. The van der Waals surface area contributed by atoms with E-state index in [1.165, 1.54) is 12.1 Å². The van der Waals surface area contributed by atoms with Crippen molar-refractivity contribution in [3.8, 4) is 0 Å². The van der Waals surface area contributed by atoms with Crippen LogP contribution in [0.4, 0.5) is 13.2 Å². The van der Waals surface area contributed by atoms with Crippen molar-refractivity contribution >= 4 is 21.7 Å². The number of hydrogen-bond acceptors (Lipinski definition) is 1. The molecule has 98 valence electrons. The lowest BCUT2D eigenvalue weighted by Gasteiger charge is -2.05. The highest BCUT2D eigenvalue weighted by Gasteiger charge is 2.14. The molecule has 0 saturated heterocycles. The number of halogens is 4. The van der Waals surface area contributed by atoms with Gasteiger partial charge in [0.05, 0.1) is 0 Å². The number of benzene rings is 2. The fourth-order valence-electron chi connectivity index (χ4n) is 1.65. The van der Waals surface area contributed by atoms with Gasteiger partial charge < -0.3 is 0 Å². The van der Waals surface area contributed by atoms with Gasteiger partial charge in [-0.15, -0.1) is 0 Å². The van der Waals surface area contributed by atoms with Gasteiger partial charge in [-0.2, -0.15) is 0 Å². The van der Waals surface area contributed by atoms with E-state index < -0.39 is 17.5 Å². The lowest BCUT2D eigenvalue weighted by atomic mass is 10.0. The molecule has 0 aliphatic rings. The van der Waals surface area contributed by atoms with E-state index in [9.17, 15) is 18.0 Å². The summed E-state index contributed by atoms with van der Waals surface area (Å²) in [4.78, 5) is 12.0. The molecule has 0 aromatic heterocycles. The second-order valence-electron chi connectivity index (χ2n) is 3.96. The topological polar surface area (TPSA) is 17.1 Å². The summed E-state index contributed by atoms with van der Waals surface area (Å²) in [6.07, 6.45) is -0.212. The normalized spacial score (nSPS) is 10.5. The molecule has 0 amide bonds. The number of hydrogen-bond donors (Lipinski definition) is 0. The molecule has 0 aliphatic carbocycles. The van der Waals surface area contributed by atoms with Gasteiger partial charge in [-0.25, -0.2) is 13.2 Å². The number of rotatable bonds is 3. The second kappa shape index (κ2) is 5.57. The van der Waals surface area contributed by atoms with Crippen molar-refractivity contribution in [1.82, 2.24) is 0 Å². The summed E-state index contributed by atoms with van der Waals surface area (Å²) >= 11 is 3.08. The molecule has 2 aromatic rings. The average molecular weight is 329 g/mol. The van der Waals surface area contributed by atoms with Crippen molar-refractivity contribution < 1.29 is 18.0 Å². The van der Waals surface area contributed by atoms with E-state index in [-0.39, 0.29) is 23.3 Å². The fourth-order valence-corrected chi connectivity index (χ4v) is 2.22. The van der Waals surface area contributed by atoms with Gasteiger partial charge in [0, 0.05) is 22.5 Å². The first-order valence-electron chi connectivity index (χ1n) is 5.39. The standard InChI is InChI=1S/C14H8BrF3O/c15-12-6-9(16)3-4-11(12)14(19)5-8-1-2-10(17)7-13(8)18/h1-4,6-7H,5H2. The number of ketones is 1. The van der Waals surface area contributed by atoms with Crippen LogP contribution in [0.25, 0.3) is 0 Å². The molecule has 0 spiro atoms. The third kappa shape index (κ3) is 3.23. The number of carbonyl (C=O) groups excluding carboxylic acids is 1. The van der Waals surface area contributed by atoms with Crippen molar-refractivity contribution in [2.45, 2.75) is 6.42 Å². The number of Topliss-reactive ketones (excluding diaryl/α,β-unsaturated/α-hetero) is 1. The molecular formula is C14H8BrF3O. The second-order valence-corrected chi connectivity index (χ2v) is 4.81. The molecule has 0 unspecified atom stereocenters. The molecule has 19 heavy (non-hydrogen) atoms. The minimum atomic E-state index is -0.772. The van der Waals surface area contributed by atoms with Crippen molar-refractivity contribution in [2.75, 3.05) is 0 Å². The van der Waals surface area contributed by atoms with Crippen molar-refractivity contribution in [1.29, 1.82) is 0 Å². The highest BCUT2D eigenvalue weighted by Crippen LogP contribution is 2.21. The van der Waals surface area contributed by atoms with E-state index in [4.69, 9.17) is 0 Å². The summed E-state index contributed by atoms with van der Waals surface area (Å²) < 4.78 is 39.4. The van der Waals surface area contributed by atoms with Crippen molar-refractivity contribution in [3.05, 3.63) is 69.4 Å². The van der Waals surface area contributed by atoms with Crippen LogP contribution in [0, 0.1) is 17.5 Å².